The van der Waals surface area contributed by atoms with Crippen LogP contribution in [-0.4, -0.2) is 39.4 Å². The molecule has 100 valence electrons. The van der Waals surface area contributed by atoms with Crippen LogP contribution in [0.4, 0.5) is 5.95 Å². The van der Waals surface area contributed by atoms with Gasteiger partial charge >= 0.3 is 0 Å². The highest BCUT2D eigenvalue weighted by molar-refractivity contribution is 5.33. The molecule has 0 amide bonds. The fourth-order valence-electron chi connectivity index (χ4n) is 2.29. The molecule has 1 saturated heterocycles. The zero-order valence-electron chi connectivity index (χ0n) is 10.5. The topological polar surface area (TPSA) is 91.1 Å². The van der Waals surface area contributed by atoms with Crippen LogP contribution in [-0.2, 0) is 0 Å². The van der Waals surface area contributed by atoms with Gasteiger partial charge in [-0.25, -0.2) is 0 Å². The van der Waals surface area contributed by atoms with Gasteiger partial charge in [0.2, 0.25) is 5.95 Å². The van der Waals surface area contributed by atoms with Crippen molar-refractivity contribution in [2.24, 2.45) is 5.73 Å². The highest BCUT2D eigenvalue weighted by atomic mass is 16.3. The van der Waals surface area contributed by atoms with Crippen LogP contribution in [0.15, 0.2) is 30.3 Å². The van der Waals surface area contributed by atoms with Gasteiger partial charge in [0, 0.05) is 19.1 Å². The van der Waals surface area contributed by atoms with Crippen LogP contribution in [0, 0.1) is 0 Å². The van der Waals surface area contributed by atoms with Crippen molar-refractivity contribution in [2.45, 2.75) is 18.6 Å². The van der Waals surface area contributed by atoms with E-state index in [0.717, 1.165) is 25.1 Å². The molecule has 2 unspecified atom stereocenters. The largest absolute Gasteiger partial charge is 0.380 e. The summed E-state index contributed by atoms with van der Waals surface area (Å²) < 4.78 is 0. The second-order valence-electron chi connectivity index (χ2n) is 4.83. The van der Waals surface area contributed by atoms with Gasteiger partial charge in [0.15, 0.2) is 5.82 Å². The number of aromatic nitrogens is 3. The first kappa shape index (κ1) is 12.1. The maximum Gasteiger partial charge on any atom is 0.244 e. The number of rotatable bonds is 3. The lowest BCUT2D eigenvalue weighted by Gasteiger charge is -2.12. The number of nitrogens with one attached hydrogen (secondary N) is 1. The quantitative estimate of drug-likeness (QED) is 0.743. The lowest BCUT2D eigenvalue weighted by atomic mass is 10.1. The Bertz CT molecular complexity index is 541. The number of hydrogen-bond donors (Lipinski definition) is 3. The summed E-state index contributed by atoms with van der Waals surface area (Å²) in [6, 6.07) is 9.58. The van der Waals surface area contributed by atoms with Crippen LogP contribution < -0.4 is 10.6 Å². The Morgan fingerprint density at radius 1 is 1.37 bits per heavy atom. The van der Waals surface area contributed by atoms with E-state index in [1.54, 1.807) is 0 Å². The van der Waals surface area contributed by atoms with Crippen LogP contribution in [0.25, 0.3) is 0 Å². The van der Waals surface area contributed by atoms with Gasteiger partial charge in [-0.05, 0) is 12.0 Å². The average Bonchev–Trinajstić information content (AvgIpc) is 3.07. The molecule has 0 bridgehead atoms. The molecular formula is C13H17N5O. The molecule has 1 aliphatic heterocycles. The molecular weight excluding hydrogens is 242 g/mol. The van der Waals surface area contributed by atoms with E-state index in [2.05, 4.69) is 15.2 Å². The van der Waals surface area contributed by atoms with Crippen molar-refractivity contribution in [1.29, 1.82) is 0 Å². The number of anilines is 1. The van der Waals surface area contributed by atoms with E-state index in [9.17, 15) is 5.11 Å². The summed E-state index contributed by atoms with van der Waals surface area (Å²) >= 11 is 0. The molecule has 2 aromatic rings. The van der Waals surface area contributed by atoms with Crippen LogP contribution in [0.3, 0.4) is 0 Å². The third kappa shape index (κ3) is 2.45. The van der Waals surface area contributed by atoms with Crippen LogP contribution in [0.5, 0.6) is 0 Å². The van der Waals surface area contributed by atoms with Gasteiger partial charge < -0.3 is 15.7 Å². The van der Waals surface area contributed by atoms with E-state index in [1.165, 1.54) is 0 Å². The minimum atomic E-state index is -0.779. The van der Waals surface area contributed by atoms with Crippen LogP contribution >= 0.6 is 0 Å². The Morgan fingerprint density at radius 3 is 2.84 bits per heavy atom. The van der Waals surface area contributed by atoms with Crippen molar-refractivity contribution in [2.75, 3.05) is 18.0 Å². The SMILES string of the molecule is NC1CCN(c2n[nH]c(C(O)c3ccccc3)n2)C1. The van der Waals surface area contributed by atoms with Gasteiger partial charge in [0.25, 0.3) is 0 Å². The van der Waals surface area contributed by atoms with Crippen molar-refractivity contribution < 1.29 is 5.11 Å². The standard InChI is InChI=1S/C13H17N5O/c14-10-6-7-18(8-10)13-15-12(16-17-13)11(19)9-4-2-1-3-5-9/h1-5,10-11,19H,6-8,14H2,(H,15,16,17). The van der Waals surface area contributed by atoms with Crippen molar-refractivity contribution >= 4 is 5.95 Å². The summed E-state index contributed by atoms with van der Waals surface area (Å²) in [4.78, 5) is 6.39. The number of H-pyrrole nitrogens is 1. The maximum absolute atomic E-state index is 10.2. The van der Waals surface area contributed by atoms with E-state index in [-0.39, 0.29) is 6.04 Å². The summed E-state index contributed by atoms with van der Waals surface area (Å²) in [7, 11) is 0. The van der Waals surface area contributed by atoms with Crippen molar-refractivity contribution in [3.63, 3.8) is 0 Å². The summed E-state index contributed by atoms with van der Waals surface area (Å²) in [5.74, 6) is 1.07. The molecule has 2 heterocycles. The highest BCUT2D eigenvalue weighted by Crippen LogP contribution is 2.21. The van der Waals surface area contributed by atoms with Crippen LogP contribution in [0.2, 0.25) is 0 Å². The summed E-state index contributed by atoms with van der Waals surface area (Å²) in [6.45, 7) is 1.62. The first-order valence-electron chi connectivity index (χ1n) is 6.40. The fraction of sp³-hybridized carbons (Fsp3) is 0.385. The van der Waals surface area contributed by atoms with Gasteiger partial charge in [0.05, 0.1) is 0 Å². The molecule has 0 aliphatic carbocycles. The molecule has 6 heteroatoms. The number of benzene rings is 1. The van der Waals surface area contributed by atoms with E-state index >= 15 is 0 Å². The third-order valence-electron chi connectivity index (χ3n) is 3.37. The van der Waals surface area contributed by atoms with Gasteiger partial charge in [-0.15, -0.1) is 5.10 Å². The zero-order chi connectivity index (χ0) is 13.2. The molecule has 1 aromatic heterocycles. The normalized spacial score (nSPS) is 20.7. The van der Waals surface area contributed by atoms with Gasteiger partial charge in [-0.3, -0.25) is 5.10 Å². The predicted octanol–water partition coefficient (Wildman–Crippen LogP) is 0.424. The molecule has 0 radical (unpaired) electrons. The summed E-state index contributed by atoms with van der Waals surface area (Å²) in [5, 5.41) is 17.2. The summed E-state index contributed by atoms with van der Waals surface area (Å²) in [6.07, 6.45) is 0.171. The molecule has 3 rings (SSSR count). The highest BCUT2D eigenvalue weighted by Gasteiger charge is 2.23. The van der Waals surface area contributed by atoms with Crippen LogP contribution in [0.1, 0.15) is 23.9 Å². The van der Waals surface area contributed by atoms with Gasteiger partial charge in [-0.2, -0.15) is 4.98 Å². The Balaban J connectivity index is 1.78. The monoisotopic (exact) mass is 259 g/mol. The molecule has 1 fully saturated rings. The molecule has 6 nitrogen and oxygen atoms in total. The number of nitrogens with two attached hydrogens (primary N) is 1. The Morgan fingerprint density at radius 2 is 2.16 bits per heavy atom. The fourth-order valence-corrected chi connectivity index (χ4v) is 2.29. The molecule has 19 heavy (non-hydrogen) atoms. The van der Waals surface area contributed by atoms with Gasteiger partial charge in [0.1, 0.15) is 6.10 Å². The van der Waals surface area contributed by atoms with Crippen molar-refractivity contribution in [3.8, 4) is 0 Å². The second-order valence-corrected chi connectivity index (χ2v) is 4.83. The maximum atomic E-state index is 10.2. The predicted molar refractivity (Wildman–Crippen MR) is 71.7 cm³/mol. The Labute approximate surface area is 111 Å². The molecule has 2 atom stereocenters. The average molecular weight is 259 g/mol. The second kappa shape index (κ2) is 4.99. The molecule has 4 N–H and O–H groups in total. The molecule has 0 spiro atoms. The van der Waals surface area contributed by atoms with Gasteiger partial charge in [-0.1, -0.05) is 30.3 Å². The molecule has 0 saturated carbocycles. The van der Waals surface area contributed by atoms with E-state index in [4.69, 9.17) is 5.73 Å². The lowest BCUT2D eigenvalue weighted by Crippen LogP contribution is -2.27. The number of hydrogen-bond acceptors (Lipinski definition) is 5. The number of aromatic amines is 1. The Hall–Kier alpha value is -1.92. The smallest absolute Gasteiger partial charge is 0.244 e. The van der Waals surface area contributed by atoms with Crippen molar-refractivity contribution in [1.82, 2.24) is 15.2 Å². The third-order valence-corrected chi connectivity index (χ3v) is 3.37. The van der Waals surface area contributed by atoms with E-state index in [0.29, 0.717) is 11.8 Å². The minimum absolute atomic E-state index is 0.181. The number of aliphatic hydroxyl groups excluding tert-OH is 1. The summed E-state index contributed by atoms with van der Waals surface area (Å²) in [5.41, 5.74) is 6.66. The van der Waals surface area contributed by atoms with Crippen molar-refractivity contribution in [3.05, 3.63) is 41.7 Å². The first-order chi connectivity index (χ1) is 9.24. The minimum Gasteiger partial charge on any atom is -0.380 e. The van der Waals surface area contributed by atoms with E-state index in [1.807, 2.05) is 35.2 Å². The lowest BCUT2D eigenvalue weighted by molar-refractivity contribution is 0.210. The number of nitrogens with zero attached hydrogens (tertiary/aromatic N) is 3. The molecule has 1 aromatic carbocycles. The molecule has 1 aliphatic rings. The number of aliphatic hydroxyl groups is 1. The first-order valence-corrected chi connectivity index (χ1v) is 6.40. The zero-order valence-corrected chi connectivity index (χ0v) is 10.5. The Kier molecular flexibility index (Phi) is 3.18. The van der Waals surface area contributed by atoms with E-state index < -0.39 is 6.10 Å².